The topological polar surface area (TPSA) is 126 Å². The SMILES string of the molecule is C=C(CC)NS(=O)(=O)Nc1nccc(Cc2cc(C(N)=O)c(Nc3ccc(C)cc3F)c(F)c2F)c1F. The first kappa shape index (κ1) is 27.5. The second-order valence-electron chi connectivity index (χ2n) is 8.03. The number of hydrogen-bond donors (Lipinski definition) is 4. The molecule has 1 amide bonds. The second kappa shape index (κ2) is 10.9. The number of aryl methyl sites for hydroxylation is 1. The molecular formula is C24H23F4N5O3S. The maximum Gasteiger partial charge on any atom is 0.322 e. The third-order valence-electron chi connectivity index (χ3n) is 5.22. The molecule has 0 fully saturated rings. The molecule has 8 nitrogen and oxygen atoms in total. The van der Waals surface area contributed by atoms with E-state index in [1.165, 1.54) is 12.1 Å². The molecule has 3 rings (SSSR count). The zero-order valence-electron chi connectivity index (χ0n) is 19.8. The average molecular weight is 538 g/mol. The predicted octanol–water partition coefficient (Wildman–Crippen LogP) is 4.55. The van der Waals surface area contributed by atoms with Crippen molar-refractivity contribution in [2.75, 3.05) is 10.0 Å². The number of primary amides is 1. The Kier molecular flexibility index (Phi) is 8.06. The molecule has 0 unspecified atom stereocenters. The van der Waals surface area contributed by atoms with Gasteiger partial charge in [-0.25, -0.2) is 27.3 Å². The number of aromatic nitrogens is 1. The number of hydrogen-bond acceptors (Lipinski definition) is 5. The van der Waals surface area contributed by atoms with Crippen LogP contribution in [0.1, 0.15) is 40.4 Å². The van der Waals surface area contributed by atoms with E-state index in [9.17, 15) is 17.6 Å². The lowest BCUT2D eigenvalue weighted by Crippen LogP contribution is -2.30. The van der Waals surface area contributed by atoms with E-state index >= 15 is 13.2 Å². The highest BCUT2D eigenvalue weighted by molar-refractivity contribution is 7.90. The molecule has 1 heterocycles. The summed E-state index contributed by atoms with van der Waals surface area (Å²) in [5.41, 5.74) is 3.91. The summed E-state index contributed by atoms with van der Waals surface area (Å²) < 4.78 is 87.7. The molecule has 2 aromatic carbocycles. The van der Waals surface area contributed by atoms with Crippen molar-refractivity contribution in [1.29, 1.82) is 0 Å². The maximum atomic E-state index is 15.1. The van der Waals surface area contributed by atoms with Crippen LogP contribution < -0.4 is 20.5 Å². The van der Waals surface area contributed by atoms with Gasteiger partial charge in [0.25, 0.3) is 5.91 Å². The molecule has 196 valence electrons. The van der Waals surface area contributed by atoms with E-state index in [1.807, 2.05) is 4.72 Å². The molecule has 0 radical (unpaired) electrons. The lowest BCUT2D eigenvalue weighted by atomic mass is 10.00. The number of carbonyl (C=O) groups is 1. The monoisotopic (exact) mass is 537 g/mol. The van der Waals surface area contributed by atoms with Crippen molar-refractivity contribution < 1.29 is 30.8 Å². The number of allylic oxidation sites excluding steroid dienone is 1. The van der Waals surface area contributed by atoms with Crippen LogP contribution in [0.15, 0.2) is 48.8 Å². The number of anilines is 3. The van der Waals surface area contributed by atoms with E-state index in [1.54, 1.807) is 13.8 Å². The summed E-state index contributed by atoms with van der Waals surface area (Å²) in [6.07, 6.45) is 0.746. The molecule has 0 bridgehead atoms. The van der Waals surface area contributed by atoms with Gasteiger partial charge in [0.2, 0.25) is 0 Å². The molecule has 0 atom stereocenters. The number of nitrogens with zero attached hydrogens (tertiary/aromatic N) is 1. The summed E-state index contributed by atoms with van der Waals surface area (Å²) in [5, 5.41) is 2.35. The largest absolute Gasteiger partial charge is 0.366 e. The minimum absolute atomic E-state index is 0.139. The molecule has 0 aliphatic carbocycles. The average Bonchev–Trinajstić information content (AvgIpc) is 2.81. The second-order valence-corrected chi connectivity index (χ2v) is 9.45. The number of nitrogens with two attached hydrogens (primary N) is 1. The number of rotatable bonds is 10. The van der Waals surface area contributed by atoms with Crippen molar-refractivity contribution in [3.8, 4) is 0 Å². The first-order chi connectivity index (χ1) is 17.3. The molecule has 0 spiro atoms. The Balaban J connectivity index is 1.99. The minimum atomic E-state index is -4.27. The Morgan fingerprint density at radius 1 is 1.05 bits per heavy atom. The van der Waals surface area contributed by atoms with E-state index in [0.717, 1.165) is 24.4 Å². The van der Waals surface area contributed by atoms with Crippen LogP contribution in [0.25, 0.3) is 0 Å². The zero-order chi connectivity index (χ0) is 27.5. The van der Waals surface area contributed by atoms with Gasteiger partial charge in [-0.2, -0.15) is 8.42 Å². The van der Waals surface area contributed by atoms with Gasteiger partial charge in [-0.1, -0.05) is 19.6 Å². The van der Waals surface area contributed by atoms with Crippen LogP contribution in [-0.4, -0.2) is 19.3 Å². The molecule has 5 N–H and O–H groups in total. The molecule has 3 aromatic rings. The van der Waals surface area contributed by atoms with Crippen LogP contribution >= 0.6 is 0 Å². The van der Waals surface area contributed by atoms with Crippen molar-refractivity contribution in [2.45, 2.75) is 26.7 Å². The first-order valence-corrected chi connectivity index (χ1v) is 12.3. The first-order valence-electron chi connectivity index (χ1n) is 10.8. The fourth-order valence-electron chi connectivity index (χ4n) is 3.29. The number of benzene rings is 2. The molecule has 1 aromatic heterocycles. The van der Waals surface area contributed by atoms with Gasteiger partial charge in [0.05, 0.1) is 16.9 Å². The minimum Gasteiger partial charge on any atom is -0.366 e. The van der Waals surface area contributed by atoms with Crippen LogP contribution in [0.2, 0.25) is 0 Å². The van der Waals surface area contributed by atoms with E-state index in [-0.39, 0.29) is 23.4 Å². The standard InChI is InChI=1S/C24H23F4N5O3S/c1-4-13(3)32-37(35,36)33-24-20(27)14(7-8-30-24)10-15-11-16(23(29)34)22(21(28)19(15)26)31-18-6-5-12(2)9-17(18)25/h5-9,11,31-32H,3-4,10H2,1-2H3,(H2,29,34)(H,30,33). The summed E-state index contributed by atoms with van der Waals surface area (Å²) in [4.78, 5) is 15.7. The van der Waals surface area contributed by atoms with Crippen molar-refractivity contribution >= 4 is 33.3 Å². The van der Waals surface area contributed by atoms with Crippen molar-refractivity contribution in [1.82, 2.24) is 9.71 Å². The molecule has 0 saturated heterocycles. The molecule has 0 saturated carbocycles. The number of halogens is 4. The predicted molar refractivity (Wildman–Crippen MR) is 131 cm³/mol. The Morgan fingerprint density at radius 2 is 1.76 bits per heavy atom. The van der Waals surface area contributed by atoms with Gasteiger partial charge in [-0.05, 0) is 54.3 Å². The summed E-state index contributed by atoms with van der Waals surface area (Å²) in [5.74, 6) is -6.76. The van der Waals surface area contributed by atoms with Gasteiger partial charge in [0, 0.05) is 18.3 Å². The van der Waals surface area contributed by atoms with Crippen molar-refractivity contribution in [3.05, 3.63) is 94.3 Å². The van der Waals surface area contributed by atoms with Crippen LogP contribution in [0.5, 0.6) is 0 Å². The fraction of sp³-hybridized carbons (Fsp3) is 0.167. The van der Waals surface area contributed by atoms with Crippen molar-refractivity contribution in [3.63, 3.8) is 0 Å². The van der Waals surface area contributed by atoms with Gasteiger partial charge in [0.15, 0.2) is 23.3 Å². The summed E-state index contributed by atoms with van der Waals surface area (Å²) in [7, 11) is -4.27. The highest BCUT2D eigenvalue weighted by atomic mass is 32.2. The summed E-state index contributed by atoms with van der Waals surface area (Å²) >= 11 is 0. The smallest absolute Gasteiger partial charge is 0.322 e. The van der Waals surface area contributed by atoms with Crippen LogP contribution in [0.3, 0.4) is 0 Å². The number of nitrogens with one attached hydrogen (secondary N) is 3. The lowest BCUT2D eigenvalue weighted by molar-refractivity contribution is 0.100. The number of carbonyl (C=O) groups excluding carboxylic acids is 1. The van der Waals surface area contributed by atoms with Crippen LogP contribution in [0.4, 0.5) is 34.8 Å². The molecule has 13 heteroatoms. The third-order valence-corrected chi connectivity index (χ3v) is 6.24. The molecule has 0 aliphatic heterocycles. The van der Waals surface area contributed by atoms with E-state index in [2.05, 4.69) is 21.6 Å². The normalized spacial score (nSPS) is 11.2. The van der Waals surface area contributed by atoms with Crippen LogP contribution in [-0.2, 0) is 16.6 Å². The third kappa shape index (κ3) is 6.36. The van der Waals surface area contributed by atoms with E-state index in [0.29, 0.717) is 5.56 Å². The molecule has 37 heavy (non-hydrogen) atoms. The van der Waals surface area contributed by atoms with Crippen LogP contribution in [0, 0.1) is 30.2 Å². The van der Waals surface area contributed by atoms with Gasteiger partial charge < -0.3 is 11.1 Å². The number of pyridine rings is 1. The highest BCUT2D eigenvalue weighted by Gasteiger charge is 2.24. The van der Waals surface area contributed by atoms with Crippen molar-refractivity contribution in [2.24, 2.45) is 5.73 Å². The molecule has 0 aliphatic rings. The van der Waals surface area contributed by atoms with Gasteiger partial charge in [-0.3, -0.25) is 9.52 Å². The fourth-order valence-corrected chi connectivity index (χ4v) is 4.26. The zero-order valence-corrected chi connectivity index (χ0v) is 20.6. The Bertz CT molecular complexity index is 1500. The Morgan fingerprint density at radius 3 is 2.38 bits per heavy atom. The Hall–Kier alpha value is -4.13. The maximum absolute atomic E-state index is 15.1. The van der Waals surface area contributed by atoms with E-state index < -0.39 is 68.4 Å². The van der Waals surface area contributed by atoms with Gasteiger partial charge in [-0.15, -0.1) is 0 Å². The van der Waals surface area contributed by atoms with Gasteiger partial charge in [0.1, 0.15) is 5.82 Å². The summed E-state index contributed by atoms with van der Waals surface area (Å²) in [6, 6.07) is 5.98. The Labute approximate surface area is 210 Å². The lowest BCUT2D eigenvalue weighted by Gasteiger charge is -2.16. The number of amides is 1. The molecular weight excluding hydrogens is 514 g/mol. The van der Waals surface area contributed by atoms with E-state index in [4.69, 9.17) is 5.73 Å². The highest BCUT2D eigenvalue weighted by Crippen LogP contribution is 2.31. The summed E-state index contributed by atoms with van der Waals surface area (Å²) in [6.45, 7) is 6.77. The quantitative estimate of drug-likeness (QED) is 0.282. The van der Waals surface area contributed by atoms with Gasteiger partial charge >= 0.3 is 10.2 Å².